The number of aromatic hydroxyl groups is 3. The van der Waals surface area contributed by atoms with Gasteiger partial charge in [0.1, 0.15) is 23.4 Å². The molecule has 3 aromatic carbocycles. The Kier molecular flexibility index (Phi) is 13.3. The maximum Gasteiger partial charge on any atom is 0.312 e. The highest BCUT2D eigenvalue weighted by Gasteiger charge is 2.50. The maximum atomic E-state index is 14.4. The minimum Gasteiger partial charge on any atom is -0.507 e. The summed E-state index contributed by atoms with van der Waals surface area (Å²) in [7, 11) is 1.43. The maximum absolute atomic E-state index is 14.4. The van der Waals surface area contributed by atoms with Crippen LogP contribution < -0.4 is 10.1 Å². The van der Waals surface area contributed by atoms with Crippen molar-refractivity contribution in [3.05, 3.63) is 82.7 Å². The number of rotatable bonds is 4. The van der Waals surface area contributed by atoms with E-state index >= 15 is 0 Å². The first-order chi connectivity index (χ1) is 27.7. The van der Waals surface area contributed by atoms with E-state index in [2.05, 4.69) is 10.3 Å². The smallest absolute Gasteiger partial charge is 0.312 e. The van der Waals surface area contributed by atoms with Gasteiger partial charge in [0.05, 0.1) is 52.5 Å². The number of nitrogens with one attached hydrogen (secondary N) is 1. The molecule has 0 aliphatic carbocycles. The number of methoxy groups -OCH3 is 1. The number of aliphatic hydroxyl groups excluding tert-OH is 2. The van der Waals surface area contributed by atoms with Gasteiger partial charge in [-0.3, -0.25) is 19.4 Å². The van der Waals surface area contributed by atoms with E-state index in [1.807, 2.05) is 13.0 Å². The summed E-state index contributed by atoms with van der Waals surface area (Å²) in [4.78, 5) is 45.0. The number of ketones is 1. The number of carbonyl (C=O) groups excluding carboxylic acids is 3. The van der Waals surface area contributed by atoms with Crippen molar-refractivity contribution in [1.29, 1.82) is 0 Å². The molecule has 5 bridgehead atoms. The highest BCUT2D eigenvalue weighted by Crippen LogP contribution is 2.55. The third-order valence-electron chi connectivity index (χ3n) is 11.4. The Morgan fingerprint density at radius 1 is 0.932 bits per heavy atom. The van der Waals surface area contributed by atoms with E-state index in [4.69, 9.17) is 18.9 Å². The molecule has 0 saturated heterocycles. The molecular weight excluding hydrogens is 760 g/mol. The number of amides is 1. The van der Waals surface area contributed by atoms with Gasteiger partial charge in [0, 0.05) is 67.4 Å². The zero-order valence-corrected chi connectivity index (χ0v) is 34.9. The molecule has 3 aromatic rings. The number of phenolic OH excluding ortho intramolecular Hbond substituents is 3. The van der Waals surface area contributed by atoms with E-state index < -0.39 is 88.8 Å². The third-order valence-corrected chi connectivity index (χ3v) is 11.4. The molecule has 14 heteroatoms. The lowest BCUT2D eigenvalue weighted by Gasteiger charge is -2.38. The van der Waals surface area contributed by atoms with Crippen molar-refractivity contribution in [3.8, 4) is 23.0 Å². The second-order valence-corrected chi connectivity index (χ2v) is 15.7. The molecule has 0 spiro atoms. The van der Waals surface area contributed by atoms with Crippen LogP contribution in [0.25, 0.3) is 10.8 Å². The molecule has 0 radical (unpaired) electrons. The lowest BCUT2D eigenvalue weighted by molar-refractivity contribution is -0.160. The van der Waals surface area contributed by atoms with E-state index in [1.54, 1.807) is 58.0 Å². The van der Waals surface area contributed by atoms with Gasteiger partial charge in [0.2, 0.25) is 0 Å². The third kappa shape index (κ3) is 8.70. The molecule has 1 amide bonds. The van der Waals surface area contributed by atoms with Crippen LogP contribution in [0.2, 0.25) is 0 Å². The Labute approximate surface area is 343 Å². The molecule has 6 rings (SSSR count). The van der Waals surface area contributed by atoms with Crippen LogP contribution in [0.1, 0.15) is 75.5 Å². The fourth-order valence-corrected chi connectivity index (χ4v) is 7.72. The van der Waals surface area contributed by atoms with Crippen molar-refractivity contribution in [3.63, 3.8) is 0 Å². The number of anilines is 1. The van der Waals surface area contributed by atoms with Crippen LogP contribution in [-0.4, -0.2) is 86.7 Å². The number of ether oxygens (including phenoxy) is 4. The number of allylic oxidation sites excluding steroid dienone is 2. The van der Waals surface area contributed by atoms with Crippen molar-refractivity contribution in [1.82, 2.24) is 0 Å². The fraction of sp³-hybridized carbons (Fsp3) is 0.422. The van der Waals surface area contributed by atoms with Gasteiger partial charge < -0.3 is 49.8 Å². The van der Waals surface area contributed by atoms with Crippen LogP contribution in [0.4, 0.5) is 11.4 Å². The molecule has 9 atom stereocenters. The SMILES string of the molecule is COC1/C=C/OC2(C)Oc3c(C)c(O)c4c(O)c(c(C=Nc5cccc(C)c5)c(O)c4c3C2=O)NC(=O)/C(C)=C/C=C/C(C)C(O)C(C)C(O)C(C)C(OC(C)=O)C1C. The summed E-state index contributed by atoms with van der Waals surface area (Å²) >= 11 is 0. The van der Waals surface area contributed by atoms with Crippen LogP contribution >= 0.6 is 0 Å². The van der Waals surface area contributed by atoms with Crippen molar-refractivity contribution in [2.45, 2.75) is 92.5 Å². The first-order valence-corrected chi connectivity index (χ1v) is 19.4. The number of Topliss-reactive ketones (excluding diaryl/α,β-unsaturated/α-hetero) is 1. The van der Waals surface area contributed by atoms with Crippen LogP contribution in [0.3, 0.4) is 0 Å². The molecule has 0 saturated carbocycles. The summed E-state index contributed by atoms with van der Waals surface area (Å²) in [5.74, 6) is -8.49. The van der Waals surface area contributed by atoms with E-state index in [1.165, 1.54) is 59.4 Å². The number of phenols is 3. The van der Waals surface area contributed by atoms with E-state index in [0.29, 0.717) is 5.69 Å². The minimum absolute atomic E-state index is 0.0442. The number of hydrogen-bond donors (Lipinski definition) is 6. The van der Waals surface area contributed by atoms with E-state index in [9.17, 15) is 39.9 Å². The van der Waals surface area contributed by atoms with Crippen molar-refractivity contribution < 1.29 is 58.9 Å². The molecule has 6 N–H and O–H groups in total. The van der Waals surface area contributed by atoms with Gasteiger partial charge in [-0.1, -0.05) is 58.1 Å². The zero-order chi connectivity index (χ0) is 43.7. The molecule has 3 heterocycles. The number of hydrogen-bond acceptors (Lipinski definition) is 13. The Balaban J connectivity index is 1.73. The molecule has 14 nitrogen and oxygen atoms in total. The van der Waals surface area contributed by atoms with E-state index in [0.717, 1.165) is 5.56 Å². The zero-order valence-electron chi connectivity index (χ0n) is 34.9. The van der Waals surface area contributed by atoms with Crippen LogP contribution in [-0.2, 0) is 23.8 Å². The lowest BCUT2D eigenvalue weighted by Crippen LogP contribution is -2.46. The standard InChI is InChI=1S/C45H54N2O12/c1-21-13-11-16-29(19-21)46-20-30-35-40(53)33-32(39(30)52)34-42(27(7)38(33)51)59-45(9,43(34)54)57-18-17-31(56-10)24(4)41(58-28(8)48)26(6)37(50)25(5)36(49)22(2)14-12-15-23(3)44(55)47-35/h11-20,22,24-26,31,36-37,41,49-53H,1-10H3,(H,47,55)/b14-12+,18-17+,23-15+,46-20?. The van der Waals surface area contributed by atoms with Gasteiger partial charge in [0.25, 0.3) is 11.7 Å². The molecular formula is C45H54N2O12. The van der Waals surface area contributed by atoms with Gasteiger partial charge in [-0.15, -0.1) is 0 Å². The van der Waals surface area contributed by atoms with Gasteiger partial charge in [-0.05, 0) is 44.5 Å². The largest absolute Gasteiger partial charge is 0.507 e. The number of aryl methyl sites for hydroxylation is 1. The normalized spacial score (nSPS) is 30.1. The summed E-state index contributed by atoms with van der Waals surface area (Å²) in [6.45, 7) is 14.3. The van der Waals surface area contributed by atoms with E-state index in [-0.39, 0.29) is 44.5 Å². The first kappa shape index (κ1) is 44.4. The quantitative estimate of drug-likeness (QED) is 0.0694. The summed E-state index contributed by atoms with van der Waals surface area (Å²) in [6.07, 6.45) is 4.74. The van der Waals surface area contributed by atoms with Crippen molar-refractivity contribution in [2.75, 3.05) is 12.4 Å². The molecule has 59 heavy (non-hydrogen) atoms. The fourth-order valence-electron chi connectivity index (χ4n) is 7.72. The predicted octanol–water partition coefficient (Wildman–Crippen LogP) is 6.81. The molecule has 0 fully saturated rings. The number of fused-ring (bicyclic) bond motifs is 14. The Bertz CT molecular complexity index is 2260. The lowest BCUT2D eigenvalue weighted by atomic mass is 9.78. The van der Waals surface area contributed by atoms with Gasteiger partial charge >= 0.3 is 11.8 Å². The molecule has 0 aromatic heterocycles. The molecule has 3 aliphatic heterocycles. The summed E-state index contributed by atoms with van der Waals surface area (Å²) in [6, 6.07) is 7.15. The number of nitrogens with zero attached hydrogens (tertiary/aromatic N) is 1. The monoisotopic (exact) mass is 814 g/mol. The Morgan fingerprint density at radius 3 is 2.27 bits per heavy atom. The first-order valence-electron chi connectivity index (χ1n) is 19.4. The second kappa shape index (κ2) is 17.7. The highest BCUT2D eigenvalue weighted by atomic mass is 16.7. The van der Waals surface area contributed by atoms with Crippen LogP contribution in [0.5, 0.6) is 23.0 Å². The summed E-state index contributed by atoms with van der Waals surface area (Å²) in [5.41, 5.74) is 0.925. The van der Waals surface area contributed by atoms with Crippen LogP contribution in [0, 0.1) is 37.5 Å². The van der Waals surface area contributed by atoms with Crippen LogP contribution in [0.15, 0.2) is 65.4 Å². The highest BCUT2D eigenvalue weighted by molar-refractivity contribution is 6.24. The topological polar surface area (TPSA) is 214 Å². The number of carbonyl (C=O) groups is 3. The Morgan fingerprint density at radius 2 is 1.63 bits per heavy atom. The second-order valence-electron chi connectivity index (χ2n) is 15.7. The number of benzene rings is 3. The minimum atomic E-state index is -2.05. The number of aliphatic imine (C=N–C) groups is 1. The summed E-state index contributed by atoms with van der Waals surface area (Å²) in [5, 5.41) is 60.4. The average Bonchev–Trinajstić information content (AvgIpc) is 3.46. The van der Waals surface area contributed by atoms with Gasteiger partial charge in [-0.2, -0.15) is 0 Å². The molecule has 316 valence electrons. The summed E-state index contributed by atoms with van der Waals surface area (Å²) < 4.78 is 23.6. The molecule has 9 unspecified atom stereocenters. The number of aliphatic hydroxyl groups is 2. The van der Waals surface area contributed by atoms with Crippen molar-refractivity contribution in [2.24, 2.45) is 28.7 Å². The van der Waals surface area contributed by atoms with Gasteiger partial charge in [-0.25, -0.2) is 0 Å². The Hall–Kier alpha value is -5.70. The number of esters is 1. The van der Waals surface area contributed by atoms with Gasteiger partial charge in [0.15, 0.2) is 5.75 Å². The van der Waals surface area contributed by atoms with Crippen molar-refractivity contribution >= 4 is 46.0 Å². The predicted molar refractivity (Wildman–Crippen MR) is 222 cm³/mol. The molecule has 3 aliphatic rings. The average molecular weight is 815 g/mol.